The van der Waals surface area contributed by atoms with Crippen molar-refractivity contribution in [1.82, 2.24) is 0 Å². The number of ether oxygens (including phenoxy) is 2. The molecule has 0 aromatic rings. The van der Waals surface area contributed by atoms with Crippen molar-refractivity contribution in [3.63, 3.8) is 0 Å². The van der Waals surface area contributed by atoms with Crippen LogP contribution in [-0.2, 0) is 19.1 Å². The number of unbranched alkanes of at least 4 members (excludes halogenated alkanes) is 30. The molecule has 0 aliphatic heterocycles. The lowest BCUT2D eigenvalue weighted by atomic mass is 10.0. The molecule has 0 bridgehead atoms. The van der Waals surface area contributed by atoms with Crippen LogP contribution in [0, 0.1) is 0 Å². The van der Waals surface area contributed by atoms with Crippen molar-refractivity contribution in [3.8, 4) is 0 Å². The van der Waals surface area contributed by atoms with Gasteiger partial charge in [0, 0.05) is 0 Å². The van der Waals surface area contributed by atoms with Gasteiger partial charge in [-0.15, -0.1) is 0 Å². The van der Waals surface area contributed by atoms with Crippen LogP contribution in [0.3, 0.4) is 0 Å². The summed E-state index contributed by atoms with van der Waals surface area (Å²) in [4.78, 5) is 23.8. The molecule has 0 spiro atoms. The molecular formula is C40H78O4. The molecule has 0 aliphatic carbocycles. The van der Waals surface area contributed by atoms with Crippen LogP contribution < -0.4 is 0 Å². The van der Waals surface area contributed by atoms with Crippen LogP contribution in [0.25, 0.3) is 0 Å². The van der Waals surface area contributed by atoms with Gasteiger partial charge >= 0.3 is 11.9 Å². The number of hydrogen-bond donors (Lipinski definition) is 0. The Hall–Kier alpha value is -1.06. The van der Waals surface area contributed by atoms with Gasteiger partial charge in [0.25, 0.3) is 0 Å². The smallest absolute Gasteiger partial charge is 0.306 e. The Morgan fingerprint density at radius 1 is 0.295 bits per heavy atom. The summed E-state index contributed by atoms with van der Waals surface area (Å²) in [5.74, 6) is -0.546. The third-order valence-corrected chi connectivity index (χ3v) is 9.06. The normalized spacial score (nSPS) is 11.2. The predicted octanol–water partition coefficient (Wildman–Crippen LogP) is 13.4. The zero-order valence-corrected chi connectivity index (χ0v) is 30.1. The van der Waals surface area contributed by atoms with Crippen molar-refractivity contribution < 1.29 is 19.1 Å². The van der Waals surface area contributed by atoms with Crippen molar-refractivity contribution in [2.45, 2.75) is 232 Å². The Bertz CT molecular complexity index is 526. The molecule has 0 aromatic heterocycles. The maximum absolute atomic E-state index is 11.9. The lowest BCUT2D eigenvalue weighted by Crippen LogP contribution is -2.11. The van der Waals surface area contributed by atoms with Crippen molar-refractivity contribution in [2.75, 3.05) is 13.2 Å². The molecule has 0 fully saturated rings. The predicted molar refractivity (Wildman–Crippen MR) is 190 cm³/mol. The van der Waals surface area contributed by atoms with E-state index in [9.17, 15) is 9.59 Å². The van der Waals surface area contributed by atoms with Gasteiger partial charge in [0.1, 0.15) is 0 Å². The topological polar surface area (TPSA) is 52.6 Å². The number of carbonyl (C=O) groups excluding carboxylic acids is 2. The zero-order valence-electron chi connectivity index (χ0n) is 30.1. The van der Waals surface area contributed by atoms with Gasteiger partial charge < -0.3 is 9.47 Å². The van der Waals surface area contributed by atoms with E-state index in [2.05, 4.69) is 13.8 Å². The maximum atomic E-state index is 11.9. The van der Waals surface area contributed by atoms with E-state index in [-0.39, 0.29) is 24.8 Å². The molecule has 0 heterocycles. The molecule has 0 aromatic carbocycles. The molecule has 0 atom stereocenters. The molecule has 0 radical (unpaired) electrons. The first-order valence-electron chi connectivity index (χ1n) is 20.0. The molecule has 0 N–H and O–H groups in total. The third kappa shape index (κ3) is 37.1. The monoisotopic (exact) mass is 623 g/mol. The van der Waals surface area contributed by atoms with Crippen LogP contribution in [-0.4, -0.2) is 25.2 Å². The molecule has 0 amide bonds. The van der Waals surface area contributed by atoms with Gasteiger partial charge in [-0.25, -0.2) is 0 Å². The third-order valence-electron chi connectivity index (χ3n) is 9.06. The van der Waals surface area contributed by atoms with Gasteiger partial charge in [0.15, 0.2) is 0 Å². The summed E-state index contributed by atoms with van der Waals surface area (Å²) in [6.07, 6.45) is 42.9. The van der Waals surface area contributed by atoms with Crippen molar-refractivity contribution in [3.05, 3.63) is 0 Å². The summed E-state index contributed by atoms with van der Waals surface area (Å²) in [6, 6.07) is 0. The Labute approximate surface area is 276 Å². The summed E-state index contributed by atoms with van der Waals surface area (Å²) in [5, 5.41) is 0. The molecule has 0 saturated carbocycles. The van der Waals surface area contributed by atoms with Crippen LogP contribution in [0.4, 0.5) is 0 Å². The molecule has 0 unspecified atom stereocenters. The Morgan fingerprint density at radius 2 is 0.477 bits per heavy atom. The summed E-state index contributed by atoms with van der Waals surface area (Å²) in [5.41, 5.74) is 0. The highest BCUT2D eigenvalue weighted by molar-refractivity contribution is 5.77. The number of carbonyl (C=O) groups is 2. The highest BCUT2D eigenvalue weighted by Crippen LogP contribution is 2.15. The Balaban J connectivity index is 3.26. The molecule has 0 aliphatic rings. The lowest BCUT2D eigenvalue weighted by Gasteiger charge is -2.07. The minimum Gasteiger partial charge on any atom is -0.466 e. The number of rotatable bonds is 37. The van der Waals surface area contributed by atoms with E-state index in [4.69, 9.17) is 9.47 Å². The number of esters is 2. The fraction of sp³-hybridized carbons (Fsp3) is 0.950. The minimum absolute atomic E-state index is 0.136. The summed E-state index contributed by atoms with van der Waals surface area (Å²) < 4.78 is 10.6. The van der Waals surface area contributed by atoms with E-state index < -0.39 is 0 Å². The second kappa shape index (κ2) is 38.1. The molecule has 4 nitrogen and oxygen atoms in total. The zero-order chi connectivity index (χ0) is 32.0. The van der Waals surface area contributed by atoms with E-state index >= 15 is 0 Å². The fourth-order valence-electron chi connectivity index (χ4n) is 6.02. The van der Waals surface area contributed by atoms with E-state index in [1.54, 1.807) is 0 Å². The van der Waals surface area contributed by atoms with Crippen molar-refractivity contribution in [2.24, 2.45) is 0 Å². The van der Waals surface area contributed by atoms with E-state index in [1.165, 1.54) is 180 Å². The molecule has 0 saturated heterocycles. The molecule has 262 valence electrons. The van der Waals surface area contributed by atoms with Crippen molar-refractivity contribution >= 4 is 11.9 Å². The second-order valence-corrected chi connectivity index (χ2v) is 13.5. The van der Waals surface area contributed by atoms with Crippen LogP contribution in [0.2, 0.25) is 0 Å². The largest absolute Gasteiger partial charge is 0.466 e. The van der Waals surface area contributed by atoms with Crippen LogP contribution in [0.5, 0.6) is 0 Å². The van der Waals surface area contributed by atoms with Crippen LogP contribution in [0.15, 0.2) is 0 Å². The highest BCUT2D eigenvalue weighted by atomic mass is 16.5. The van der Waals surface area contributed by atoms with E-state index in [0.717, 1.165) is 25.7 Å². The van der Waals surface area contributed by atoms with Gasteiger partial charge in [0.2, 0.25) is 0 Å². The Kier molecular flexibility index (Phi) is 37.2. The van der Waals surface area contributed by atoms with Gasteiger partial charge in [-0.05, 0) is 12.8 Å². The summed E-state index contributed by atoms with van der Waals surface area (Å²) in [7, 11) is 0. The first-order chi connectivity index (χ1) is 21.7. The molecular weight excluding hydrogens is 544 g/mol. The van der Waals surface area contributed by atoms with E-state index in [0.29, 0.717) is 13.2 Å². The molecule has 4 heteroatoms. The average Bonchev–Trinajstić information content (AvgIpc) is 3.03. The first kappa shape index (κ1) is 42.9. The Morgan fingerprint density at radius 3 is 0.682 bits per heavy atom. The lowest BCUT2D eigenvalue weighted by molar-refractivity contribution is -0.150. The number of hydrogen-bond acceptors (Lipinski definition) is 4. The van der Waals surface area contributed by atoms with Gasteiger partial charge in [0.05, 0.1) is 26.1 Å². The van der Waals surface area contributed by atoms with Gasteiger partial charge in [-0.2, -0.15) is 0 Å². The van der Waals surface area contributed by atoms with Gasteiger partial charge in [-0.1, -0.05) is 206 Å². The SMILES string of the molecule is CCCCCCCCCCCCCCCCCCOC(=O)CCC(=O)OCCCCCCCCCCCCCCCCCC. The van der Waals surface area contributed by atoms with E-state index in [1.807, 2.05) is 0 Å². The maximum Gasteiger partial charge on any atom is 0.306 e. The quantitative estimate of drug-likeness (QED) is 0.0511. The second-order valence-electron chi connectivity index (χ2n) is 13.5. The fourth-order valence-corrected chi connectivity index (χ4v) is 6.02. The van der Waals surface area contributed by atoms with Crippen LogP contribution in [0.1, 0.15) is 232 Å². The molecule has 44 heavy (non-hydrogen) atoms. The van der Waals surface area contributed by atoms with Crippen molar-refractivity contribution in [1.29, 1.82) is 0 Å². The summed E-state index contributed by atoms with van der Waals surface area (Å²) >= 11 is 0. The first-order valence-corrected chi connectivity index (χ1v) is 20.0. The standard InChI is InChI=1S/C40H78O4/c1-3-5-7-9-11-13-15-17-19-21-23-25-27-29-31-33-37-43-39(41)35-36-40(42)44-38-34-32-30-28-26-24-22-20-18-16-14-12-10-8-6-4-2/h3-38H2,1-2H3. The highest BCUT2D eigenvalue weighted by Gasteiger charge is 2.09. The van der Waals surface area contributed by atoms with Gasteiger partial charge in [-0.3, -0.25) is 9.59 Å². The average molecular weight is 623 g/mol. The minimum atomic E-state index is -0.273. The van der Waals surface area contributed by atoms with Crippen LogP contribution >= 0.6 is 0 Å². The molecule has 0 rings (SSSR count). The summed E-state index contributed by atoms with van der Waals surface area (Å²) in [6.45, 7) is 5.52.